The number of fused-ring (bicyclic) bond motifs is 4. The number of pyridine rings is 1. The smallest absolute Gasteiger partial charge is 0.168 e. The summed E-state index contributed by atoms with van der Waals surface area (Å²) in [4.78, 5) is 17.5. The van der Waals surface area contributed by atoms with Crippen LogP contribution in [0.4, 0.5) is 5.69 Å². The number of hydrogen-bond donors (Lipinski definition) is 1. The second-order valence-corrected chi connectivity index (χ2v) is 7.94. The van der Waals surface area contributed by atoms with Gasteiger partial charge in [-0.1, -0.05) is 35.3 Å². The number of ketones is 1. The van der Waals surface area contributed by atoms with Crippen LogP contribution in [0.5, 0.6) is 0 Å². The zero-order chi connectivity index (χ0) is 19.4. The Labute approximate surface area is 172 Å². The SMILES string of the molecule is C[C@@H]1CC(=O)C2=C(O1)c1c(ccc3ncccc13)N[C@H]2c1ccc(Cl)cc1Cl. The van der Waals surface area contributed by atoms with Crippen molar-refractivity contribution in [1.29, 1.82) is 0 Å². The standard InChI is InChI=1S/C22H16Cl2N2O2/c1-11-9-18(27)20-21(13-5-4-12(23)10-15(13)24)26-17-7-6-16-14(3-2-8-25-16)19(17)22(20)28-11/h2-8,10-11,21,26H,9H2,1H3/t11-,21+/m1/s1. The van der Waals surface area contributed by atoms with Crippen LogP contribution in [0.15, 0.2) is 54.2 Å². The molecule has 2 aromatic carbocycles. The molecule has 0 saturated heterocycles. The number of ether oxygens (including phenoxy) is 1. The number of halogens is 2. The molecule has 0 fully saturated rings. The van der Waals surface area contributed by atoms with Crippen molar-refractivity contribution in [3.63, 3.8) is 0 Å². The highest BCUT2D eigenvalue weighted by atomic mass is 35.5. The van der Waals surface area contributed by atoms with E-state index >= 15 is 0 Å². The Morgan fingerprint density at radius 3 is 2.86 bits per heavy atom. The van der Waals surface area contributed by atoms with Crippen LogP contribution in [0, 0.1) is 0 Å². The summed E-state index contributed by atoms with van der Waals surface area (Å²) in [6.07, 6.45) is 1.90. The van der Waals surface area contributed by atoms with Gasteiger partial charge in [0.25, 0.3) is 0 Å². The van der Waals surface area contributed by atoms with E-state index in [-0.39, 0.29) is 11.9 Å². The molecule has 0 amide bonds. The third kappa shape index (κ3) is 2.67. The maximum atomic E-state index is 13.1. The Kier molecular flexibility index (Phi) is 4.07. The number of rotatable bonds is 1. The molecule has 4 nitrogen and oxygen atoms in total. The van der Waals surface area contributed by atoms with Gasteiger partial charge in [0.2, 0.25) is 0 Å². The van der Waals surface area contributed by atoms with E-state index < -0.39 is 6.04 Å². The fourth-order valence-corrected chi connectivity index (χ4v) is 4.52. The molecule has 140 valence electrons. The molecule has 3 heterocycles. The molecule has 0 saturated carbocycles. The molecule has 0 aliphatic carbocycles. The lowest BCUT2D eigenvalue weighted by atomic mass is 9.84. The first-order chi connectivity index (χ1) is 13.5. The van der Waals surface area contributed by atoms with Crippen LogP contribution in [0.2, 0.25) is 10.0 Å². The lowest BCUT2D eigenvalue weighted by Crippen LogP contribution is -2.32. The molecule has 0 radical (unpaired) electrons. The largest absolute Gasteiger partial charge is 0.489 e. The number of benzene rings is 2. The van der Waals surface area contributed by atoms with Gasteiger partial charge in [-0.15, -0.1) is 0 Å². The minimum Gasteiger partial charge on any atom is -0.489 e. The van der Waals surface area contributed by atoms with Crippen molar-refractivity contribution >= 4 is 51.3 Å². The van der Waals surface area contributed by atoms with Crippen molar-refractivity contribution in [2.75, 3.05) is 5.32 Å². The van der Waals surface area contributed by atoms with Crippen molar-refractivity contribution in [2.45, 2.75) is 25.5 Å². The van der Waals surface area contributed by atoms with Gasteiger partial charge in [0.1, 0.15) is 11.9 Å². The first kappa shape index (κ1) is 17.5. The number of aromatic nitrogens is 1. The van der Waals surface area contributed by atoms with E-state index in [0.717, 1.165) is 27.7 Å². The second-order valence-electron chi connectivity index (χ2n) is 7.10. The highest BCUT2D eigenvalue weighted by Gasteiger charge is 2.39. The quantitative estimate of drug-likeness (QED) is 0.550. The minimum absolute atomic E-state index is 0.0591. The molecular weight excluding hydrogens is 395 g/mol. The number of hydrogen-bond acceptors (Lipinski definition) is 4. The zero-order valence-electron chi connectivity index (χ0n) is 15.0. The predicted molar refractivity (Wildman–Crippen MR) is 112 cm³/mol. The van der Waals surface area contributed by atoms with Gasteiger partial charge in [0.15, 0.2) is 5.78 Å². The number of Topliss-reactive ketones (excluding diaryl/α,β-unsaturated/α-hetero) is 1. The maximum absolute atomic E-state index is 13.1. The third-order valence-corrected chi connectivity index (χ3v) is 5.77. The maximum Gasteiger partial charge on any atom is 0.168 e. The van der Waals surface area contributed by atoms with Gasteiger partial charge in [-0.25, -0.2) is 0 Å². The summed E-state index contributed by atoms with van der Waals surface area (Å²) in [7, 11) is 0. The average molecular weight is 411 g/mol. The number of carbonyl (C=O) groups is 1. The summed E-state index contributed by atoms with van der Waals surface area (Å²) < 4.78 is 6.23. The lowest BCUT2D eigenvalue weighted by molar-refractivity contribution is -0.118. The summed E-state index contributed by atoms with van der Waals surface area (Å²) in [5.41, 5.74) is 4.01. The number of carbonyl (C=O) groups excluding carboxylic acids is 1. The highest BCUT2D eigenvalue weighted by Crippen LogP contribution is 2.48. The molecule has 1 N–H and O–H groups in total. The van der Waals surface area contributed by atoms with E-state index in [9.17, 15) is 4.79 Å². The predicted octanol–water partition coefficient (Wildman–Crippen LogP) is 5.80. The van der Waals surface area contributed by atoms with Crippen LogP contribution in [0.3, 0.4) is 0 Å². The van der Waals surface area contributed by atoms with Gasteiger partial charge in [-0.05, 0) is 42.8 Å². The summed E-state index contributed by atoms with van der Waals surface area (Å²) in [6.45, 7) is 1.91. The van der Waals surface area contributed by atoms with Gasteiger partial charge in [0.05, 0.1) is 17.1 Å². The van der Waals surface area contributed by atoms with Crippen molar-refractivity contribution in [1.82, 2.24) is 4.98 Å². The summed E-state index contributed by atoms with van der Waals surface area (Å²) >= 11 is 12.6. The van der Waals surface area contributed by atoms with Crippen LogP contribution in [0.1, 0.15) is 30.5 Å². The van der Waals surface area contributed by atoms with E-state index in [1.54, 1.807) is 18.3 Å². The molecule has 6 heteroatoms. The molecule has 2 aliphatic heterocycles. The Hall–Kier alpha value is -2.56. The summed E-state index contributed by atoms with van der Waals surface area (Å²) in [6, 6.07) is 12.7. The summed E-state index contributed by atoms with van der Waals surface area (Å²) in [5, 5.41) is 5.50. The van der Waals surface area contributed by atoms with Gasteiger partial charge in [-0.3, -0.25) is 9.78 Å². The highest BCUT2D eigenvalue weighted by molar-refractivity contribution is 6.35. The van der Waals surface area contributed by atoms with Gasteiger partial charge < -0.3 is 10.1 Å². The molecular formula is C22H16Cl2N2O2. The molecule has 2 aliphatic rings. The van der Waals surface area contributed by atoms with E-state index in [2.05, 4.69) is 10.3 Å². The van der Waals surface area contributed by atoms with Crippen molar-refractivity contribution in [2.24, 2.45) is 0 Å². The molecule has 0 unspecified atom stereocenters. The Morgan fingerprint density at radius 1 is 1.18 bits per heavy atom. The topological polar surface area (TPSA) is 51.2 Å². The van der Waals surface area contributed by atoms with E-state index in [4.69, 9.17) is 27.9 Å². The number of nitrogens with zero attached hydrogens (tertiary/aromatic N) is 1. The molecule has 5 rings (SSSR count). The van der Waals surface area contributed by atoms with Crippen molar-refractivity contribution < 1.29 is 9.53 Å². The molecule has 0 bridgehead atoms. The number of nitrogens with one attached hydrogen (secondary N) is 1. The fourth-order valence-electron chi connectivity index (χ4n) is 4.00. The van der Waals surface area contributed by atoms with Gasteiger partial charge in [0, 0.05) is 39.3 Å². The van der Waals surface area contributed by atoms with Gasteiger partial charge >= 0.3 is 0 Å². The molecule has 1 aromatic heterocycles. The van der Waals surface area contributed by atoms with E-state index in [1.165, 1.54) is 0 Å². The first-order valence-electron chi connectivity index (χ1n) is 9.06. The van der Waals surface area contributed by atoms with E-state index in [1.807, 2.05) is 37.3 Å². The summed E-state index contributed by atoms with van der Waals surface area (Å²) in [5.74, 6) is 0.677. The van der Waals surface area contributed by atoms with Crippen LogP contribution < -0.4 is 5.32 Å². The minimum atomic E-state index is -0.401. The normalized spacial score (nSPS) is 21.0. The average Bonchev–Trinajstić information content (AvgIpc) is 2.66. The third-order valence-electron chi connectivity index (χ3n) is 5.21. The van der Waals surface area contributed by atoms with Crippen molar-refractivity contribution in [3.8, 4) is 0 Å². The molecule has 0 spiro atoms. The number of anilines is 1. The van der Waals surface area contributed by atoms with Gasteiger partial charge in [-0.2, -0.15) is 0 Å². The monoisotopic (exact) mass is 410 g/mol. The van der Waals surface area contributed by atoms with Crippen LogP contribution in [-0.4, -0.2) is 16.9 Å². The Bertz CT molecular complexity index is 1170. The van der Waals surface area contributed by atoms with Crippen LogP contribution in [-0.2, 0) is 9.53 Å². The molecule has 28 heavy (non-hydrogen) atoms. The Balaban J connectivity index is 1.80. The van der Waals surface area contributed by atoms with Crippen LogP contribution in [0.25, 0.3) is 16.7 Å². The fraction of sp³-hybridized carbons (Fsp3) is 0.182. The molecule has 2 atom stereocenters. The van der Waals surface area contributed by atoms with Crippen molar-refractivity contribution in [3.05, 3.63) is 75.4 Å². The lowest BCUT2D eigenvalue weighted by Gasteiger charge is -2.36. The van der Waals surface area contributed by atoms with Crippen LogP contribution >= 0.6 is 23.2 Å². The van der Waals surface area contributed by atoms with E-state index in [0.29, 0.717) is 27.8 Å². The zero-order valence-corrected chi connectivity index (χ0v) is 16.5. The first-order valence-corrected chi connectivity index (χ1v) is 9.82. The molecule has 3 aromatic rings. The second kappa shape index (κ2) is 6.50. The Morgan fingerprint density at radius 2 is 2.04 bits per heavy atom.